The van der Waals surface area contributed by atoms with Crippen LogP contribution in [-0.4, -0.2) is 47.2 Å². The third kappa shape index (κ3) is 4.75. The number of ether oxygens (including phenoxy) is 1. The first-order chi connectivity index (χ1) is 9.45. The molecule has 0 aliphatic carbocycles. The Morgan fingerprint density at radius 2 is 2.20 bits per heavy atom. The smallest absolute Gasteiger partial charge is 0.271 e. The second-order valence-corrected chi connectivity index (χ2v) is 4.79. The van der Waals surface area contributed by atoms with Crippen LogP contribution in [-0.2, 0) is 11.3 Å². The van der Waals surface area contributed by atoms with E-state index in [9.17, 15) is 14.7 Å². The third-order valence-corrected chi connectivity index (χ3v) is 2.85. The van der Waals surface area contributed by atoms with Crippen LogP contribution >= 0.6 is 0 Å². The van der Waals surface area contributed by atoms with Crippen LogP contribution in [0.1, 0.15) is 24.3 Å². The van der Waals surface area contributed by atoms with Gasteiger partial charge in [0.15, 0.2) is 0 Å². The van der Waals surface area contributed by atoms with Gasteiger partial charge in [0, 0.05) is 19.7 Å². The first-order valence-corrected chi connectivity index (χ1v) is 6.49. The van der Waals surface area contributed by atoms with Gasteiger partial charge in [-0.15, -0.1) is 0 Å². The number of amides is 1. The fourth-order valence-corrected chi connectivity index (χ4v) is 1.43. The van der Waals surface area contributed by atoms with E-state index in [1.807, 2.05) is 13.8 Å². The second kappa shape index (κ2) is 7.76. The molecule has 0 aliphatic heterocycles. The molecule has 2 N–H and O–H groups in total. The van der Waals surface area contributed by atoms with Crippen molar-refractivity contribution in [2.75, 3.05) is 20.3 Å². The SMILES string of the molecule is COCCn1nc(C(=O)NCC(O)C(C)C)ccc1=O. The molecule has 1 aromatic heterocycles. The highest BCUT2D eigenvalue weighted by Gasteiger charge is 2.13. The van der Waals surface area contributed by atoms with Crippen molar-refractivity contribution in [3.63, 3.8) is 0 Å². The minimum Gasteiger partial charge on any atom is -0.391 e. The largest absolute Gasteiger partial charge is 0.391 e. The van der Waals surface area contributed by atoms with Gasteiger partial charge in [0.05, 0.1) is 19.3 Å². The zero-order valence-electron chi connectivity index (χ0n) is 12.0. The van der Waals surface area contributed by atoms with Gasteiger partial charge in [-0.05, 0) is 12.0 Å². The fourth-order valence-electron chi connectivity index (χ4n) is 1.43. The summed E-state index contributed by atoms with van der Waals surface area (Å²) in [5.74, 6) is -0.366. The average Bonchev–Trinajstić information content (AvgIpc) is 2.43. The molecule has 1 unspecified atom stereocenters. The molecule has 1 amide bonds. The molecule has 0 spiro atoms. The summed E-state index contributed by atoms with van der Waals surface area (Å²) >= 11 is 0. The lowest BCUT2D eigenvalue weighted by Gasteiger charge is -2.15. The predicted octanol–water partition coefficient (Wildman–Crippen LogP) is -0.364. The maximum atomic E-state index is 11.9. The number of nitrogens with one attached hydrogen (secondary N) is 1. The number of nitrogens with zero attached hydrogens (tertiary/aromatic N) is 2. The van der Waals surface area contributed by atoms with Crippen molar-refractivity contribution in [3.05, 3.63) is 28.2 Å². The molecule has 7 heteroatoms. The van der Waals surface area contributed by atoms with Crippen molar-refractivity contribution in [1.82, 2.24) is 15.1 Å². The normalized spacial score (nSPS) is 12.4. The number of hydrogen-bond acceptors (Lipinski definition) is 5. The minimum atomic E-state index is -0.613. The van der Waals surface area contributed by atoms with Gasteiger partial charge in [-0.2, -0.15) is 5.10 Å². The van der Waals surface area contributed by atoms with E-state index < -0.39 is 12.0 Å². The minimum absolute atomic E-state index is 0.0546. The molecule has 0 aliphatic rings. The van der Waals surface area contributed by atoms with Crippen LogP contribution in [0.4, 0.5) is 0 Å². The quantitative estimate of drug-likeness (QED) is 0.712. The van der Waals surface area contributed by atoms with Crippen LogP contribution in [0.2, 0.25) is 0 Å². The Labute approximate surface area is 117 Å². The van der Waals surface area contributed by atoms with Crippen molar-refractivity contribution in [3.8, 4) is 0 Å². The molecular weight excluding hydrogens is 262 g/mol. The molecule has 112 valence electrons. The zero-order valence-corrected chi connectivity index (χ0v) is 12.0. The number of aliphatic hydroxyl groups is 1. The summed E-state index contributed by atoms with van der Waals surface area (Å²) < 4.78 is 6.05. The number of carbonyl (C=O) groups is 1. The van der Waals surface area contributed by atoms with E-state index in [0.29, 0.717) is 6.61 Å². The number of methoxy groups -OCH3 is 1. The van der Waals surface area contributed by atoms with E-state index >= 15 is 0 Å². The van der Waals surface area contributed by atoms with E-state index in [1.54, 1.807) is 0 Å². The molecule has 7 nitrogen and oxygen atoms in total. The van der Waals surface area contributed by atoms with Crippen LogP contribution in [0.15, 0.2) is 16.9 Å². The van der Waals surface area contributed by atoms with E-state index in [4.69, 9.17) is 4.74 Å². The highest BCUT2D eigenvalue weighted by molar-refractivity contribution is 5.91. The van der Waals surface area contributed by atoms with E-state index in [1.165, 1.54) is 23.9 Å². The van der Waals surface area contributed by atoms with Crippen molar-refractivity contribution in [2.45, 2.75) is 26.5 Å². The summed E-state index contributed by atoms with van der Waals surface area (Å²) in [4.78, 5) is 23.4. The van der Waals surface area contributed by atoms with E-state index in [0.717, 1.165) is 0 Å². The molecule has 0 saturated carbocycles. The first-order valence-electron chi connectivity index (χ1n) is 6.49. The summed E-state index contributed by atoms with van der Waals surface area (Å²) in [6, 6.07) is 2.65. The van der Waals surface area contributed by atoms with Gasteiger partial charge in [-0.3, -0.25) is 9.59 Å². The number of hydrogen-bond donors (Lipinski definition) is 2. The Kier molecular flexibility index (Phi) is 6.33. The molecule has 0 fully saturated rings. The molecule has 1 heterocycles. The van der Waals surface area contributed by atoms with E-state index in [2.05, 4.69) is 10.4 Å². The first kappa shape index (κ1) is 16.3. The fraction of sp³-hybridized carbons (Fsp3) is 0.615. The van der Waals surface area contributed by atoms with Gasteiger partial charge >= 0.3 is 0 Å². The van der Waals surface area contributed by atoms with Crippen LogP contribution < -0.4 is 10.9 Å². The van der Waals surface area contributed by atoms with E-state index in [-0.39, 0.29) is 30.3 Å². The summed E-state index contributed by atoms with van der Waals surface area (Å²) in [5, 5.41) is 16.2. The summed E-state index contributed by atoms with van der Waals surface area (Å²) in [6.45, 7) is 4.49. The molecule has 1 atom stereocenters. The molecule has 1 aromatic rings. The van der Waals surface area contributed by atoms with Crippen molar-refractivity contribution in [1.29, 1.82) is 0 Å². The molecule has 0 aromatic carbocycles. The summed E-state index contributed by atoms with van der Waals surface area (Å²) in [5.41, 5.74) is -0.155. The second-order valence-electron chi connectivity index (χ2n) is 4.79. The molecule has 0 bridgehead atoms. The monoisotopic (exact) mass is 283 g/mol. The van der Waals surface area contributed by atoms with Gasteiger partial charge < -0.3 is 15.2 Å². The Morgan fingerprint density at radius 1 is 1.50 bits per heavy atom. The van der Waals surface area contributed by atoms with Gasteiger partial charge in [0.1, 0.15) is 5.69 Å². The molecule has 20 heavy (non-hydrogen) atoms. The topological polar surface area (TPSA) is 93.5 Å². The lowest BCUT2D eigenvalue weighted by atomic mass is 10.1. The Bertz CT molecular complexity index is 499. The van der Waals surface area contributed by atoms with Crippen LogP contribution in [0.25, 0.3) is 0 Å². The summed E-state index contributed by atoms with van der Waals surface area (Å²) in [7, 11) is 1.52. The Hall–Kier alpha value is -1.73. The van der Waals surface area contributed by atoms with Crippen molar-refractivity contribution >= 4 is 5.91 Å². The van der Waals surface area contributed by atoms with Gasteiger partial charge in [0.25, 0.3) is 11.5 Å². The van der Waals surface area contributed by atoms with Crippen molar-refractivity contribution in [2.24, 2.45) is 5.92 Å². The maximum Gasteiger partial charge on any atom is 0.271 e. The molecule has 0 saturated heterocycles. The molecule has 1 rings (SSSR count). The van der Waals surface area contributed by atoms with Gasteiger partial charge in [-0.25, -0.2) is 4.68 Å². The number of aromatic nitrogens is 2. The van der Waals surface area contributed by atoms with Gasteiger partial charge in [0.2, 0.25) is 0 Å². The average molecular weight is 283 g/mol. The number of carbonyl (C=O) groups excluding carboxylic acids is 1. The predicted molar refractivity (Wildman–Crippen MR) is 73.6 cm³/mol. The summed E-state index contributed by atoms with van der Waals surface area (Å²) in [6.07, 6.45) is -0.613. The standard InChI is InChI=1S/C13H21N3O4/c1-9(2)11(17)8-14-13(19)10-4-5-12(18)16(15-10)6-7-20-3/h4-5,9,11,17H,6-8H2,1-3H3,(H,14,19). The lowest BCUT2D eigenvalue weighted by Crippen LogP contribution is -2.36. The number of rotatable bonds is 7. The highest BCUT2D eigenvalue weighted by atomic mass is 16.5. The Morgan fingerprint density at radius 3 is 2.80 bits per heavy atom. The lowest BCUT2D eigenvalue weighted by molar-refractivity contribution is 0.0864. The van der Waals surface area contributed by atoms with Crippen LogP contribution in [0, 0.1) is 5.92 Å². The Balaban J connectivity index is 2.71. The molecular formula is C13H21N3O4. The van der Waals surface area contributed by atoms with Crippen molar-refractivity contribution < 1.29 is 14.6 Å². The molecule has 0 radical (unpaired) electrons. The zero-order chi connectivity index (χ0) is 15.1. The highest BCUT2D eigenvalue weighted by Crippen LogP contribution is 1.99. The maximum absolute atomic E-state index is 11.9. The van der Waals surface area contributed by atoms with Gasteiger partial charge in [-0.1, -0.05) is 13.8 Å². The third-order valence-electron chi connectivity index (χ3n) is 2.85. The number of aliphatic hydroxyl groups excluding tert-OH is 1. The van der Waals surface area contributed by atoms with Crippen LogP contribution in [0.5, 0.6) is 0 Å². The van der Waals surface area contributed by atoms with Crippen LogP contribution in [0.3, 0.4) is 0 Å².